The van der Waals surface area contributed by atoms with Gasteiger partial charge in [-0.15, -0.1) is 0 Å². The second-order valence-electron chi connectivity index (χ2n) is 5.43. The van der Waals surface area contributed by atoms with E-state index in [-0.39, 0.29) is 23.7 Å². The number of carbonyl (C=O) groups excluding carboxylic acids is 1. The molecule has 0 aromatic heterocycles. The lowest BCUT2D eigenvalue weighted by Crippen LogP contribution is -2.38. The molecule has 1 amide bonds. The molecule has 1 aromatic carbocycles. The molecule has 2 rings (SSSR count). The summed E-state index contributed by atoms with van der Waals surface area (Å²) in [5.41, 5.74) is 0.207. The Morgan fingerprint density at radius 1 is 1.40 bits per heavy atom. The van der Waals surface area contributed by atoms with Gasteiger partial charge in [0.05, 0.1) is 13.7 Å². The molecule has 1 aliphatic rings. The summed E-state index contributed by atoms with van der Waals surface area (Å²) < 4.78 is 4.94. The van der Waals surface area contributed by atoms with Crippen molar-refractivity contribution in [2.45, 2.75) is 25.7 Å². The first-order valence-electron chi connectivity index (χ1n) is 6.86. The lowest BCUT2D eigenvalue weighted by Gasteiger charge is -2.26. The van der Waals surface area contributed by atoms with Crippen molar-refractivity contribution in [1.29, 1.82) is 0 Å². The smallest absolute Gasteiger partial charge is 0.251 e. The van der Waals surface area contributed by atoms with Crippen molar-refractivity contribution in [3.63, 3.8) is 0 Å². The molecule has 0 radical (unpaired) electrons. The van der Waals surface area contributed by atoms with Gasteiger partial charge in [0, 0.05) is 17.5 Å². The highest BCUT2D eigenvalue weighted by Crippen LogP contribution is 2.37. The first-order chi connectivity index (χ1) is 9.60. The molecule has 0 heterocycles. The molecule has 0 aliphatic heterocycles. The fourth-order valence-corrected chi connectivity index (χ4v) is 2.72. The standard InChI is InChI=1S/C15H21NO4/c1-20-13-5-4-11(8-12(13)18)14(19)16-9-15(10-17)6-2-3-7-15/h4-5,8,17-18H,2-3,6-7,9-10H2,1H3,(H,16,19). The van der Waals surface area contributed by atoms with Crippen molar-refractivity contribution in [3.8, 4) is 11.5 Å². The fourth-order valence-electron chi connectivity index (χ4n) is 2.72. The van der Waals surface area contributed by atoms with E-state index in [2.05, 4.69) is 5.32 Å². The van der Waals surface area contributed by atoms with Gasteiger partial charge in [-0.3, -0.25) is 4.79 Å². The number of nitrogens with one attached hydrogen (secondary N) is 1. The second kappa shape index (κ2) is 6.13. The van der Waals surface area contributed by atoms with Gasteiger partial charge in [-0.25, -0.2) is 0 Å². The van der Waals surface area contributed by atoms with Gasteiger partial charge < -0.3 is 20.3 Å². The highest BCUT2D eigenvalue weighted by atomic mass is 16.5. The van der Waals surface area contributed by atoms with Crippen LogP contribution >= 0.6 is 0 Å². The molecule has 5 nitrogen and oxygen atoms in total. The predicted molar refractivity (Wildman–Crippen MR) is 75.0 cm³/mol. The number of amides is 1. The van der Waals surface area contributed by atoms with E-state index in [4.69, 9.17) is 4.74 Å². The van der Waals surface area contributed by atoms with Crippen molar-refractivity contribution < 1.29 is 19.7 Å². The molecule has 0 spiro atoms. The first-order valence-corrected chi connectivity index (χ1v) is 6.86. The topological polar surface area (TPSA) is 78.8 Å². The average molecular weight is 279 g/mol. The third-order valence-electron chi connectivity index (χ3n) is 4.06. The van der Waals surface area contributed by atoms with Gasteiger partial charge in [-0.2, -0.15) is 0 Å². The number of hydrogen-bond donors (Lipinski definition) is 3. The van der Waals surface area contributed by atoms with Crippen LogP contribution in [0.5, 0.6) is 11.5 Å². The maximum absolute atomic E-state index is 12.1. The zero-order chi connectivity index (χ0) is 14.6. The number of carbonyl (C=O) groups is 1. The predicted octanol–water partition coefficient (Wildman–Crippen LogP) is 1.68. The van der Waals surface area contributed by atoms with E-state index in [9.17, 15) is 15.0 Å². The van der Waals surface area contributed by atoms with E-state index >= 15 is 0 Å². The highest BCUT2D eigenvalue weighted by Gasteiger charge is 2.33. The third-order valence-corrected chi connectivity index (χ3v) is 4.06. The molecule has 0 saturated heterocycles. The number of aliphatic hydroxyl groups is 1. The van der Waals surface area contributed by atoms with Gasteiger partial charge in [0.25, 0.3) is 5.91 Å². The van der Waals surface area contributed by atoms with Crippen molar-refractivity contribution >= 4 is 5.91 Å². The Bertz CT molecular complexity index is 481. The van der Waals surface area contributed by atoms with Crippen LogP contribution in [-0.2, 0) is 0 Å². The maximum atomic E-state index is 12.1. The summed E-state index contributed by atoms with van der Waals surface area (Å²) in [6.45, 7) is 0.566. The Hall–Kier alpha value is -1.75. The number of hydrogen-bond acceptors (Lipinski definition) is 4. The Morgan fingerprint density at radius 2 is 2.10 bits per heavy atom. The summed E-state index contributed by atoms with van der Waals surface area (Å²) in [7, 11) is 1.46. The lowest BCUT2D eigenvalue weighted by atomic mass is 9.87. The Morgan fingerprint density at radius 3 is 2.65 bits per heavy atom. The Balaban J connectivity index is 1.99. The number of phenolic OH excluding ortho intramolecular Hbond substituents is 1. The second-order valence-corrected chi connectivity index (χ2v) is 5.43. The SMILES string of the molecule is COc1ccc(C(=O)NCC2(CO)CCCC2)cc1O. The lowest BCUT2D eigenvalue weighted by molar-refractivity contribution is 0.0880. The number of rotatable bonds is 5. The zero-order valence-corrected chi connectivity index (χ0v) is 11.7. The summed E-state index contributed by atoms with van der Waals surface area (Å²) in [5.74, 6) is 0.0322. The molecule has 1 aromatic rings. The number of phenols is 1. The molecular formula is C15H21NO4. The van der Waals surface area contributed by atoms with Gasteiger partial charge in [-0.05, 0) is 31.0 Å². The number of aromatic hydroxyl groups is 1. The van der Waals surface area contributed by atoms with Crippen LogP contribution < -0.4 is 10.1 Å². The molecule has 5 heteroatoms. The molecule has 1 aliphatic carbocycles. The molecule has 110 valence electrons. The molecule has 1 fully saturated rings. The number of methoxy groups -OCH3 is 1. The van der Waals surface area contributed by atoms with E-state index in [0.29, 0.717) is 17.9 Å². The Kier molecular flexibility index (Phi) is 4.49. The van der Waals surface area contributed by atoms with Crippen LogP contribution in [0.4, 0.5) is 0 Å². The summed E-state index contributed by atoms with van der Waals surface area (Å²) in [4.78, 5) is 12.1. The Labute approximate surface area is 118 Å². The quantitative estimate of drug-likeness (QED) is 0.766. The number of ether oxygens (including phenoxy) is 1. The van der Waals surface area contributed by atoms with E-state index in [1.54, 1.807) is 12.1 Å². The molecular weight excluding hydrogens is 258 g/mol. The van der Waals surface area contributed by atoms with Crippen LogP contribution in [0.15, 0.2) is 18.2 Å². The largest absolute Gasteiger partial charge is 0.504 e. The van der Waals surface area contributed by atoms with E-state index in [1.165, 1.54) is 13.2 Å². The van der Waals surface area contributed by atoms with Crippen molar-refractivity contribution in [1.82, 2.24) is 5.32 Å². The van der Waals surface area contributed by atoms with E-state index in [0.717, 1.165) is 25.7 Å². The van der Waals surface area contributed by atoms with Gasteiger partial charge >= 0.3 is 0 Å². The summed E-state index contributed by atoms with van der Waals surface area (Å²) in [6.07, 6.45) is 4.08. The van der Waals surface area contributed by atoms with Crippen molar-refractivity contribution in [2.24, 2.45) is 5.41 Å². The molecule has 3 N–H and O–H groups in total. The number of benzene rings is 1. The fraction of sp³-hybridized carbons (Fsp3) is 0.533. The van der Waals surface area contributed by atoms with E-state index in [1.807, 2.05) is 0 Å². The zero-order valence-electron chi connectivity index (χ0n) is 11.7. The van der Waals surface area contributed by atoms with Gasteiger partial charge in [0.15, 0.2) is 11.5 Å². The minimum Gasteiger partial charge on any atom is -0.504 e. The van der Waals surface area contributed by atoms with Crippen LogP contribution in [0.2, 0.25) is 0 Å². The average Bonchev–Trinajstić information content (AvgIpc) is 2.94. The maximum Gasteiger partial charge on any atom is 0.251 e. The monoisotopic (exact) mass is 279 g/mol. The van der Waals surface area contributed by atoms with Gasteiger partial charge in [0.1, 0.15) is 0 Å². The normalized spacial score (nSPS) is 16.9. The van der Waals surface area contributed by atoms with Crippen LogP contribution in [0.25, 0.3) is 0 Å². The van der Waals surface area contributed by atoms with E-state index < -0.39 is 0 Å². The summed E-state index contributed by atoms with van der Waals surface area (Å²) in [5, 5.41) is 22.0. The molecule has 20 heavy (non-hydrogen) atoms. The van der Waals surface area contributed by atoms with Crippen molar-refractivity contribution in [2.75, 3.05) is 20.3 Å². The van der Waals surface area contributed by atoms with Crippen LogP contribution in [0, 0.1) is 5.41 Å². The number of aliphatic hydroxyl groups excluding tert-OH is 1. The van der Waals surface area contributed by atoms with Crippen LogP contribution in [-0.4, -0.2) is 36.4 Å². The molecule has 0 atom stereocenters. The van der Waals surface area contributed by atoms with Crippen LogP contribution in [0.3, 0.4) is 0 Å². The van der Waals surface area contributed by atoms with Gasteiger partial charge in [-0.1, -0.05) is 12.8 Å². The van der Waals surface area contributed by atoms with Crippen molar-refractivity contribution in [3.05, 3.63) is 23.8 Å². The summed E-state index contributed by atoms with van der Waals surface area (Å²) >= 11 is 0. The molecule has 1 saturated carbocycles. The highest BCUT2D eigenvalue weighted by molar-refractivity contribution is 5.94. The molecule has 0 bridgehead atoms. The van der Waals surface area contributed by atoms with Gasteiger partial charge in [0.2, 0.25) is 0 Å². The minimum atomic E-state index is -0.248. The summed E-state index contributed by atoms with van der Waals surface area (Å²) in [6, 6.07) is 4.55. The third kappa shape index (κ3) is 3.04. The molecule has 0 unspecified atom stereocenters. The van der Waals surface area contributed by atoms with Crippen LogP contribution in [0.1, 0.15) is 36.0 Å². The minimum absolute atomic E-state index is 0.0575. The first kappa shape index (κ1) is 14.7.